The number of halogens is 1. The Labute approximate surface area is 286 Å². The van der Waals surface area contributed by atoms with E-state index in [0.29, 0.717) is 47.1 Å². The molecule has 13 heteroatoms. The molecule has 4 aromatic rings. The number of rotatable bonds is 15. The van der Waals surface area contributed by atoms with Gasteiger partial charge in [0.1, 0.15) is 5.75 Å². The van der Waals surface area contributed by atoms with Gasteiger partial charge >= 0.3 is 0 Å². The number of nitrogens with zero attached hydrogens (tertiary/aromatic N) is 4. The van der Waals surface area contributed by atoms with Crippen molar-refractivity contribution in [1.82, 2.24) is 10.9 Å². The normalized spacial score (nSPS) is 16.7. The fourth-order valence-electron chi connectivity index (χ4n) is 5.37. The number of hydrazine groups is 1. The van der Waals surface area contributed by atoms with Gasteiger partial charge in [0.15, 0.2) is 23.1 Å². The molecule has 0 fully saturated rings. The van der Waals surface area contributed by atoms with Gasteiger partial charge in [-0.15, -0.1) is 0 Å². The molecular formula is C35H35BrN6O6. The van der Waals surface area contributed by atoms with Crippen LogP contribution in [0.25, 0.3) is 10.4 Å². The van der Waals surface area contributed by atoms with Crippen molar-refractivity contribution in [3.8, 4) is 17.2 Å². The van der Waals surface area contributed by atoms with E-state index in [-0.39, 0.29) is 25.5 Å². The van der Waals surface area contributed by atoms with Crippen LogP contribution in [-0.2, 0) is 22.5 Å². The van der Waals surface area contributed by atoms with Gasteiger partial charge in [0.25, 0.3) is 5.91 Å². The molecule has 248 valence electrons. The van der Waals surface area contributed by atoms with Gasteiger partial charge in [0, 0.05) is 52.2 Å². The fraction of sp³-hybridized carbons (Fsp3) is 0.257. The Bertz CT molecular complexity index is 1810. The summed E-state index contributed by atoms with van der Waals surface area (Å²) in [6.45, 7) is 0.676. The van der Waals surface area contributed by atoms with Gasteiger partial charge in [-0.1, -0.05) is 69.6 Å². The van der Waals surface area contributed by atoms with Gasteiger partial charge < -0.3 is 24.1 Å². The van der Waals surface area contributed by atoms with Crippen LogP contribution in [-0.4, -0.2) is 49.9 Å². The number of nitrogens with one attached hydrogen (secondary N) is 2. The maximum atomic E-state index is 14.6. The van der Waals surface area contributed by atoms with Crippen molar-refractivity contribution < 1.29 is 28.8 Å². The Morgan fingerprint density at radius 2 is 1.79 bits per heavy atom. The Hall–Kier alpha value is -5.07. The molecule has 0 spiro atoms. The quantitative estimate of drug-likeness (QED) is 0.0417. The van der Waals surface area contributed by atoms with Crippen LogP contribution in [0.5, 0.6) is 17.2 Å². The lowest BCUT2D eigenvalue weighted by Gasteiger charge is -2.31. The van der Waals surface area contributed by atoms with Gasteiger partial charge in [-0.25, -0.2) is 10.4 Å². The van der Waals surface area contributed by atoms with Crippen molar-refractivity contribution >= 4 is 33.4 Å². The number of aliphatic hydroxyl groups excluding tert-OH is 1. The number of aliphatic imine (C=N–C) groups is 1. The van der Waals surface area contributed by atoms with E-state index in [1.165, 1.54) is 0 Å². The smallest absolute Gasteiger partial charge is 0.266 e. The van der Waals surface area contributed by atoms with Crippen molar-refractivity contribution in [2.75, 3.05) is 27.4 Å². The van der Waals surface area contributed by atoms with Crippen molar-refractivity contribution in [3.05, 3.63) is 128 Å². The minimum Gasteiger partial charge on any atom is -0.494 e. The average molecular weight is 716 g/mol. The zero-order chi connectivity index (χ0) is 33.9. The first kappa shape index (κ1) is 34.3. The summed E-state index contributed by atoms with van der Waals surface area (Å²) in [5, 5.41) is 13.0. The fourth-order valence-corrected chi connectivity index (χ4v) is 5.79. The predicted molar refractivity (Wildman–Crippen MR) is 184 cm³/mol. The first-order valence-electron chi connectivity index (χ1n) is 15.1. The molecule has 1 aliphatic heterocycles. The second-order valence-electron chi connectivity index (χ2n) is 10.8. The number of hydrogen-bond donors (Lipinski definition) is 3. The number of aliphatic hydroxyl groups is 1. The van der Waals surface area contributed by atoms with Crippen LogP contribution in [0.1, 0.15) is 34.8 Å². The highest BCUT2D eigenvalue weighted by molar-refractivity contribution is 9.10. The Morgan fingerprint density at radius 1 is 1.04 bits per heavy atom. The summed E-state index contributed by atoms with van der Waals surface area (Å²) in [7, 11) is 3.13. The van der Waals surface area contributed by atoms with Gasteiger partial charge in [-0.05, 0) is 59.1 Å². The van der Waals surface area contributed by atoms with Crippen molar-refractivity contribution in [3.63, 3.8) is 0 Å². The van der Waals surface area contributed by atoms with E-state index >= 15 is 0 Å². The van der Waals surface area contributed by atoms with Crippen molar-refractivity contribution in [2.24, 2.45) is 10.1 Å². The van der Waals surface area contributed by atoms with Gasteiger partial charge in [0.2, 0.25) is 5.90 Å². The summed E-state index contributed by atoms with van der Waals surface area (Å²) in [5.41, 5.74) is 16.8. The number of hydrogen-bond acceptors (Lipinski definition) is 9. The van der Waals surface area contributed by atoms with Crippen molar-refractivity contribution in [1.29, 1.82) is 0 Å². The van der Waals surface area contributed by atoms with E-state index < -0.39 is 17.6 Å². The summed E-state index contributed by atoms with van der Waals surface area (Å²) in [6, 6.07) is 27.2. The zero-order valence-electron chi connectivity index (χ0n) is 26.4. The van der Waals surface area contributed by atoms with Crippen LogP contribution in [0.4, 0.5) is 5.69 Å². The van der Waals surface area contributed by atoms with E-state index in [4.69, 9.17) is 29.0 Å². The van der Waals surface area contributed by atoms with Crippen LogP contribution in [0, 0.1) is 0 Å². The number of carbonyl (C=O) groups is 1. The first-order chi connectivity index (χ1) is 23.4. The van der Waals surface area contributed by atoms with Crippen LogP contribution in [0.3, 0.4) is 0 Å². The lowest BCUT2D eigenvalue weighted by atomic mass is 9.81. The Balaban J connectivity index is 1.55. The van der Waals surface area contributed by atoms with E-state index in [1.807, 2.05) is 36.4 Å². The molecule has 0 saturated carbocycles. The SMILES string of the molecule is COc1ccc(CNNC(=O)[C@@]2(Cc3ccccc3Br)N=C(c3ccc(OCCCO)cc3)O[C@H]2c2ccccc2N=[N+]=[N-])cc1OC. The lowest BCUT2D eigenvalue weighted by Crippen LogP contribution is -2.53. The minimum absolute atomic E-state index is 0.0340. The van der Waals surface area contributed by atoms with Gasteiger partial charge in [-0.3, -0.25) is 10.2 Å². The zero-order valence-corrected chi connectivity index (χ0v) is 28.0. The molecule has 3 N–H and O–H groups in total. The molecule has 2 atom stereocenters. The summed E-state index contributed by atoms with van der Waals surface area (Å²) in [6.07, 6.45) is -0.333. The molecule has 4 aromatic carbocycles. The molecule has 48 heavy (non-hydrogen) atoms. The summed E-state index contributed by atoms with van der Waals surface area (Å²) in [5.74, 6) is 1.55. The van der Waals surface area contributed by atoms with Gasteiger partial charge in [-0.2, -0.15) is 0 Å². The molecule has 0 unspecified atom stereocenters. The highest BCUT2D eigenvalue weighted by Gasteiger charge is 2.54. The molecule has 0 bridgehead atoms. The number of amides is 1. The van der Waals surface area contributed by atoms with Crippen LogP contribution in [0.2, 0.25) is 0 Å². The number of benzene rings is 4. The maximum absolute atomic E-state index is 14.6. The molecule has 1 aliphatic rings. The third-order valence-corrected chi connectivity index (χ3v) is 8.54. The number of methoxy groups -OCH3 is 2. The molecule has 0 radical (unpaired) electrons. The van der Waals surface area contributed by atoms with Gasteiger partial charge in [0.05, 0.1) is 20.8 Å². The standard InChI is InChI=1S/C35H35BrN6O6/c1-45-30-17-12-23(20-31(30)46-2)22-38-41-34(44)35(21-25-8-3-5-10-28(25)36)32(27-9-4-6-11-29(27)40-42-37)48-33(39-35)24-13-15-26(16-14-24)47-19-7-18-43/h3-6,8-17,20,32,38,43H,7,18-19,21-22H2,1-2H3,(H,41,44)/t32-,35-/m0/s1. The van der Waals surface area contributed by atoms with E-state index in [1.54, 1.807) is 68.8 Å². The van der Waals surface area contributed by atoms with E-state index in [9.17, 15) is 10.3 Å². The molecule has 12 nitrogen and oxygen atoms in total. The summed E-state index contributed by atoms with van der Waals surface area (Å²) >= 11 is 3.64. The van der Waals surface area contributed by atoms with E-state index in [0.717, 1.165) is 15.6 Å². The summed E-state index contributed by atoms with van der Waals surface area (Å²) in [4.78, 5) is 22.6. The third-order valence-electron chi connectivity index (χ3n) is 7.76. The van der Waals surface area contributed by atoms with Crippen LogP contribution >= 0.6 is 15.9 Å². The predicted octanol–water partition coefficient (Wildman–Crippen LogP) is 6.49. The highest BCUT2D eigenvalue weighted by atomic mass is 79.9. The monoisotopic (exact) mass is 714 g/mol. The average Bonchev–Trinajstić information content (AvgIpc) is 3.50. The number of carbonyl (C=O) groups excluding carboxylic acids is 1. The topological polar surface area (TPSA) is 159 Å². The Kier molecular flexibility index (Phi) is 11.5. The first-order valence-corrected chi connectivity index (χ1v) is 15.9. The molecule has 0 aromatic heterocycles. The van der Waals surface area contributed by atoms with E-state index in [2.05, 4.69) is 36.8 Å². The van der Waals surface area contributed by atoms with Crippen LogP contribution < -0.4 is 25.1 Å². The van der Waals surface area contributed by atoms with Crippen LogP contribution in [0.15, 0.2) is 106 Å². The molecule has 5 rings (SSSR count). The lowest BCUT2D eigenvalue weighted by molar-refractivity contribution is -0.130. The Morgan fingerprint density at radius 3 is 2.52 bits per heavy atom. The van der Waals surface area contributed by atoms with Crippen molar-refractivity contribution in [2.45, 2.75) is 31.0 Å². The maximum Gasteiger partial charge on any atom is 0.266 e. The molecule has 0 aliphatic carbocycles. The molecule has 1 heterocycles. The highest BCUT2D eigenvalue weighted by Crippen LogP contribution is 2.46. The minimum atomic E-state index is -1.55. The largest absolute Gasteiger partial charge is 0.494 e. The second-order valence-corrected chi connectivity index (χ2v) is 11.7. The summed E-state index contributed by atoms with van der Waals surface area (Å²) < 4.78 is 23.9. The second kappa shape index (κ2) is 16.2. The number of azide groups is 1. The molecule has 0 saturated heterocycles. The molecule has 1 amide bonds. The molecular weight excluding hydrogens is 680 g/mol. The number of ether oxygens (including phenoxy) is 4. The third kappa shape index (κ3) is 7.72.